The summed E-state index contributed by atoms with van der Waals surface area (Å²) in [6.07, 6.45) is 2.50. The molecule has 0 saturated carbocycles. The van der Waals surface area contributed by atoms with Gasteiger partial charge in [0.1, 0.15) is 0 Å². The molecule has 7 heteroatoms. The molecule has 0 radical (unpaired) electrons. The molecular formula is C19H29Cl2N3O2. The number of hydrogen-bond donors (Lipinski definition) is 2. The molecule has 1 aromatic carbocycles. The van der Waals surface area contributed by atoms with E-state index in [2.05, 4.69) is 24.1 Å². The first kappa shape index (κ1) is 24.4. The number of hydrogen-bond acceptors (Lipinski definition) is 4. The van der Waals surface area contributed by atoms with Crippen LogP contribution in [-0.2, 0) is 11.2 Å². The van der Waals surface area contributed by atoms with Gasteiger partial charge < -0.3 is 15.5 Å². The summed E-state index contributed by atoms with van der Waals surface area (Å²) in [7, 11) is 0. The molecule has 3 N–H and O–H groups in total. The van der Waals surface area contributed by atoms with Gasteiger partial charge in [0.05, 0.1) is 11.7 Å². The molecule has 1 unspecified atom stereocenters. The highest BCUT2D eigenvalue weighted by atomic mass is 35.5. The molecule has 0 aliphatic carbocycles. The lowest BCUT2D eigenvalue weighted by atomic mass is 9.88. The number of halogens is 2. The Bertz CT molecular complexity index is 686. The largest absolute Gasteiger partial charge is 0.441 e. The van der Waals surface area contributed by atoms with Gasteiger partial charge in [0, 0.05) is 24.9 Å². The second-order valence-corrected chi connectivity index (χ2v) is 6.81. The Kier molecular flexibility index (Phi) is 9.92. The molecule has 1 heterocycles. The summed E-state index contributed by atoms with van der Waals surface area (Å²) in [5.41, 5.74) is 7.59. The highest BCUT2D eigenvalue weighted by Gasteiger charge is 2.28. The van der Waals surface area contributed by atoms with E-state index >= 15 is 0 Å². The molecular weight excluding hydrogens is 373 g/mol. The Morgan fingerprint density at radius 1 is 1.27 bits per heavy atom. The average Bonchev–Trinajstić information content (AvgIpc) is 3.02. The Hall–Kier alpha value is -1.56. The summed E-state index contributed by atoms with van der Waals surface area (Å²) in [6, 6.07) is 8.07. The zero-order valence-corrected chi connectivity index (χ0v) is 17.4. The van der Waals surface area contributed by atoms with Crippen LogP contribution in [0.25, 0.3) is 11.3 Å². The highest BCUT2D eigenvalue weighted by molar-refractivity contribution is 5.85. The van der Waals surface area contributed by atoms with Gasteiger partial charge in [0.2, 0.25) is 5.91 Å². The lowest BCUT2D eigenvalue weighted by Gasteiger charge is -2.33. The maximum Gasteiger partial charge on any atom is 0.220 e. The quantitative estimate of drug-likeness (QED) is 0.736. The first-order valence-electron chi connectivity index (χ1n) is 8.37. The van der Waals surface area contributed by atoms with Crippen LogP contribution in [0.2, 0.25) is 0 Å². The minimum atomic E-state index is -0.388. The van der Waals surface area contributed by atoms with Crippen LogP contribution in [0.4, 0.5) is 0 Å². The summed E-state index contributed by atoms with van der Waals surface area (Å²) < 4.78 is 5.75. The van der Waals surface area contributed by atoms with E-state index in [1.165, 1.54) is 5.56 Å². The van der Waals surface area contributed by atoms with Crippen molar-refractivity contribution in [2.45, 2.75) is 46.1 Å². The lowest BCUT2D eigenvalue weighted by molar-refractivity contribution is -0.123. The van der Waals surface area contributed by atoms with Crippen LogP contribution < -0.4 is 11.1 Å². The fraction of sp³-hybridized carbons (Fsp3) is 0.474. The molecule has 146 valence electrons. The molecule has 0 bridgehead atoms. The van der Waals surface area contributed by atoms with Crippen molar-refractivity contribution in [3.63, 3.8) is 0 Å². The minimum absolute atomic E-state index is 0. The van der Waals surface area contributed by atoms with Gasteiger partial charge in [0.15, 0.2) is 11.7 Å². The van der Waals surface area contributed by atoms with Gasteiger partial charge in [-0.2, -0.15) is 0 Å². The molecule has 0 aliphatic rings. The van der Waals surface area contributed by atoms with E-state index in [1.54, 1.807) is 6.20 Å². The zero-order valence-electron chi connectivity index (χ0n) is 15.7. The molecule has 1 atom stereocenters. The van der Waals surface area contributed by atoms with Crippen molar-refractivity contribution in [3.05, 3.63) is 41.9 Å². The topological polar surface area (TPSA) is 81.2 Å². The van der Waals surface area contributed by atoms with Crippen LogP contribution in [0.3, 0.4) is 0 Å². The van der Waals surface area contributed by atoms with Crippen molar-refractivity contribution in [1.29, 1.82) is 0 Å². The van der Waals surface area contributed by atoms with Gasteiger partial charge >= 0.3 is 0 Å². The third-order valence-electron chi connectivity index (χ3n) is 4.58. The number of carbonyl (C=O) groups excluding carboxylic acids is 1. The number of nitrogens with one attached hydrogen (secondary N) is 1. The van der Waals surface area contributed by atoms with Crippen LogP contribution in [-0.4, -0.2) is 23.0 Å². The number of nitrogens with zero attached hydrogens (tertiary/aromatic N) is 1. The van der Waals surface area contributed by atoms with E-state index in [-0.39, 0.29) is 42.2 Å². The highest BCUT2D eigenvalue weighted by Crippen LogP contribution is 2.21. The van der Waals surface area contributed by atoms with E-state index in [4.69, 9.17) is 10.2 Å². The molecule has 0 saturated heterocycles. The number of oxazole rings is 1. The number of aromatic nitrogens is 1. The number of aryl methyl sites for hydroxylation is 2. The molecule has 0 aliphatic heterocycles. The monoisotopic (exact) mass is 401 g/mol. The van der Waals surface area contributed by atoms with E-state index in [1.807, 2.05) is 38.1 Å². The van der Waals surface area contributed by atoms with Crippen molar-refractivity contribution < 1.29 is 9.21 Å². The standard InChI is InChI=1S/C19H27N3O2.2ClH/c1-13(2)19(4,12-20)22-17(23)9-10-18-21-11-16(24-18)15-7-5-14(3)6-8-15;;/h5-8,11,13H,9-10,12,20H2,1-4H3,(H,22,23);2*1H. The van der Waals surface area contributed by atoms with Crippen LogP contribution in [0.5, 0.6) is 0 Å². The molecule has 2 rings (SSSR count). The molecule has 2 aromatic rings. The fourth-order valence-corrected chi connectivity index (χ4v) is 2.31. The Morgan fingerprint density at radius 3 is 2.42 bits per heavy atom. The first-order chi connectivity index (χ1) is 11.3. The van der Waals surface area contributed by atoms with Gasteiger partial charge in [-0.05, 0) is 19.8 Å². The summed E-state index contributed by atoms with van der Waals surface area (Å²) in [4.78, 5) is 16.4. The van der Waals surface area contributed by atoms with Gasteiger partial charge in [-0.3, -0.25) is 4.79 Å². The molecule has 26 heavy (non-hydrogen) atoms. The van der Waals surface area contributed by atoms with Gasteiger partial charge in [-0.15, -0.1) is 24.8 Å². The summed E-state index contributed by atoms with van der Waals surface area (Å²) in [6.45, 7) is 8.52. The molecule has 1 aromatic heterocycles. The van der Waals surface area contributed by atoms with Gasteiger partial charge in [-0.1, -0.05) is 43.7 Å². The normalized spacial score (nSPS) is 12.7. The molecule has 0 spiro atoms. The second kappa shape index (κ2) is 10.6. The lowest BCUT2D eigenvalue weighted by Crippen LogP contribution is -2.55. The summed E-state index contributed by atoms with van der Waals surface area (Å²) in [5.74, 6) is 1.52. The van der Waals surface area contributed by atoms with Crippen molar-refractivity contribution in [2.75, 3.05) is 6.54 Å². The fourth-order valence-electron chi connectivity index (χ4n) is 2.31. The third-order valence-corrected chi connectivity index (χ3v) is 4.58. The van der Waals surface area contributed by atoms with Crippen LogP contribution in [0, 0.1) is 12.8 Å². The maximum atomic E-state index is 12.2. The van der Waals surface area contributed by atoms with Gasteiger partial charge in [0.25, 0.3) is 0 Å². The van der Waals surface area contributed by atoms with Crippen LogP contribution in [0.15, 0.2) is 34.9 Å². The minimum Gasteiger partial charge on any atom is -0.441 e. The SMILES string of the molecule is Cc1ccc(-c2cnc(CCC(=O)NC(C)(CN)C(C)C)o2)cc1.Cl.Cl. The first-order valence-corrected chi connectivity index (χ1v) is 8.37. The van der Waals surface area contributed by atoms with Crippen molar-refractivity contribution in [1.82, 2.24) is 10.3 Å². The number of rotatable bonds is 7. The Morgan fingerprint density at radius 2 is 1.88 bits per heavy atom. The number of benzene rings is 1. The number of nitrogens with two attached hydrogens (primary N) is 1. The summed E-state index contributed by atoms with van der Waals surface area (Å²) in [5, 5.41) is 3.02. The van der Waals surface area contributed by atoms with Crippen molar-refractivity contribution in [3.8, 4) is 11.3 Å². The third kappa shape index (κ3) is 6.31. The summed E-state index contributed by atoms with van der Waals surface area (Å²) >= 11 is 0. The van der Waals surface area contributed by atoms with Crippen LogP contribution in [0.1, 0.15) is 38.6 Å². The van der Waals surface area contributed by atoms with E-state index in [0.29, 0.717) is 25.3 Å². The average molecular weight is 402 g/mol. The predicted molar refractivity (Wildman–Crippen MR) is 110 cm³/mol. The van der Waals surface area contributed by atoms with E-state index in [0.717, 1.165) is 11.3 Å². The van der Waals surface area contributed by atoms with Crippen molar-refractivity contribution in [2.24, 2.45) is 11.7 Å². The van der Waals surface area contributed by atoms with Crippen LogP contribution >= 0.6 is 24.8 Å². The van der Waals surface area contributed by atoms with E-state index < -0.39 is 0 Å². The van der Waals surface area contributed by atoms with Gasteiger partial charge in [-0.25, -0.2) is 4.98 Å². The number of carbonyl (C=O) groups is 1. The number of amides is 1. The zero-order chi connectivity index (χ0) is 17.7. The molecule has 5 nitrogen and oxygen atoms in total. The molecule has 0 fully saturated rings. The van der Waals surface area contributed by atoms with Crippen molar-refractivity contribution >= 4 is 30.7 Å². The molecule has 1 amide bonds. The Balaban J connectivity index is 0.00000312. The maximum absolute atomic E-state index is 12.2. The Labute approximate surface area is 168 Å². The second-order valence-electron chi connectivity index (χ2n) is 6.81. The van der Waals surface area contributed by atoms with E-state index in [9.17, 15) is 4.79 Å². The predicted octanol–water partition coefficient (Wildman–Crippen LogP) is 3.92. The smallest absolute Gasteiger partial charge is 0.220 e.